The van der Waals surface area contributed by atoms with E-state index in [2.05, 4.69) is 15.6 Å². The lowest BCUT2D eigenvalue weighted by molar-refractivity contribution is -0.252. The molecule has 0 bridgehead atoms. The summed E-state index contributed by atoms with van der Waals surface area (Å²) in [6.07, 6.45) is 3.91. The van der Waals surface area contributed by atoms with Gasteiger partial charge < -0.3 is 29.8 Å². The van der Waals surface area contributed by atoms with Crippen LogP contribution in [0.25, 0.3) is 0 Å². The lowest BCUT2D eigenvalue weighted by Crippen LogP contribution is -2.32. The van der Waals surface area contributed by atoms with E-state index in [1.54, 1.807) is 10.9 Å². The van der Waals surface area contributed by atoms with Crippen molar-refractivity contribution in [2.75, 3.05) is 11.9 Å². The summed E-state index contributed by atoms with van der Waals surface area (Å²) in [5, 5.41) is 15.7. The van der Waals surface area contributed by atoms with Crippen LogP contribution < -0.4 is 10.6 Å². The highest BCUT2D eigenvalue weighted by molar-refractivity contribution is 6.40. The number of benzene rings is 2. The van der Waals surface area contributed by atoms with E-state index in [0.717, 1.165) is 36.0 Å². The smallest absolute Gasteiger partial charge is 0.224 e. The van der Waals surface area contributed by atoms with Crippen molar-refractivity contribution in [3.05, 3.63) is 81.9 Å². The average Bonchev–Trinajstić information content (AvgIpc) is 3.27. The molecular formula is C29H34Cl2N4O5. The van der Waals surface area contributed by atoms with Crippen LogP contribution in [0.2, 0.25) is 10.3 Å². The van der Waals surface area contributed by atoms with Crippen LogP contribution in [-0.4, -0.2) is 39.1 Å². The van der Waals surface area contributed by atoms with Crippen molar-refractivity contribution >= 4 is 40.7 Å². The number of aromatic nitrogens is 2. The van der Waals surface area contributed by atoms with E-state index in [1.165, 1.54) is 6.92 Å². The van der Waals surface area contributed by atoms with Crippen LogP contribution in [-0.2, 0) is 32.2 Å². The Hall–Kier alpha value is -2.95. The fraction of sp³-hybridized carbons (Fsp3) is 0.414. The third-order valence-electron chi connectivity index (χ3n) is 6.67. The Morgan fingerprint density at radius 1 is 1.02 bits per heavy atom. The van der Waals surface area contributed by atoms with Crippen LogP contribution in [0, 0.1) is 0 Å². The van der Waals surface area contributed by atoms with Gasteiger partial charge in [0.25, 0.3) is 0 Å². The summed E-state index contributed by atoms with van der Waals surface area (Å²) < 4.78 is 14.5. The summed E-state index contributed by atoms with van der Waals surface area (Å²) in [5.74, 6) is -0.0970. The minimum Gasteiger partial charge on any atom is -0.392 e. The first-order valence-electron chi connectivity index (χ1n) is 13.3. The number of hydrogen-bond acceptors (Lipinski definition) is 6. The molecule has 0 saturated carbocycles. The largest absolute Gasteiger partial charge is 0.392 e. The predicted molar refractivity (Wildman–Crippen MR) is 153 cm³/mol. The number of carbonyl (C=O) groups is 2. The van der Waals surface area contributed by atoms with Gasteiger partial charge in [0.05, 0.1) is 31.7 Å². The minimum atomic E-state index is -0.646. The molecule has 3 atom stereocenters. The monoisotopic (exact) mass is 588 g/mol. The number of aliphatic hydroxyl groups is 1. The maximum atomic E-state index is 12.4. The molecule has 9 nitrogen and oxygen atoms in total. The van der Waals surface area contributed by atoms with Gasteiger partial charge in [0.1, 0.15) is 5.15 Å². The molecular weight excluding hydrogens is 555 g/mol. The van der Waals surface area contributed by atoms with Crippen LogP contribution in [0.15, 0.2) is 54.9 Å². The molecule has 1 aliphatic rings. The summed E-state index contributed by atoms with van der Waals surface area (Å²) in [4.78, 5) is 27.3. The van der Waals surface area contributed by atoms with E-state index < -0.39 is 6.29 Å². The lowest BCUT2D eigenvalue weighted by Gasteiger charge is -2.36. The number of imidazole rings is 1. The van der Waals surface area contributed by atoms with Gasteiger partial charge in [-0.3, -0.25) is 9.59 Å². The number of unbranched alkanes of at least 4 members (excludes halogenated alkanes) is 2. The van der Waals surface area contributed by atoms with Crippen LogP contribution in [0.4, 0.5) is 5.69 Å². The molecule has 0 spiro atoms. The molecule has 3 N–H and O–H groups in total. The second kappa shape index (κ2) is 14.6. The molecule has 214 valence electrons. The maximum Gasteiger partial charge on any atom is 0.224 e. The van der Waals surface area contributed by atoms with Gasteiger partial charge in [-0.2, -0.15) is 0 Å². The quantitative estimate of drug-likeness (QED) is 0.238. The average molecular weight is 590 g/mol. The van der Waals surface area contributed by atoms with E-state index in [4.69, 9.17) is 32.7 Å². The molecule has 3 aromatic rings. The molecule has 1 aromatic heterocycles. The van der Waals surface area contributed by atoms with Gasteiger partial charge in [-0.25, -0.2) is 4.98 Å². The first-order valence-corrected chi connectivity index (χ1v) is 14.1. The van der Waals surface area contributed by atoms with Crippen molar-refractivity contribution in [3.63, 3.8) is 0 Å². The van der Waals surface area contributed by atoms with Gasteiger partial charge in [0.15, 0.2) is 11.4 Å². The Morgan fingerprint density at radius 3 is 2.40 bits per heavy atom. The zero-order valence-corrected chi connectivity index (χ0v) is 23.8. The summed E-state index contributed by atoms with van der Waals surface area (Å²) in [6, 6.07) is 15.1. The highest BCUT2D eigenvalue weighted by Gasteiger charge is 2.33. The Kier molecular flexibility index (Phi) is 11.0. The molecule has 1 aliphatic heterocycles. The Balaban J connectivity index is 1.39. The molecule has 0 radical (unpaired) electrons. The van der Waals surface area contributed by atoms with E-state index in [-0.39, 0.29) is 35.8 Å². The van der Waals surface area contributed by atoms with Gasteiger partial charge in [0.2, 0.25) is 11.8 Å². The second-order valence-electron chi connectivity index (χ2n) is 9.79. The third-order valence-corrected chi connectivity index (χ3v) is 7.44. The van der Waals surface area contributed by atoms with Gasteiger partial charge in [-0.15, -0.1) is 0 Å². The summed E-state index contributed by atoms with van der Waals surface area (Å²) in [5.41, 5.74) is 3.31. The normalized spacial score (nSPS) is 18.9. The maximum absolute atomic E-state index is 12.4. The molecule has 11 heteroatoms. The third kappa shape index (κ3) is 8.52. The zero-order chi connectivity index (χ0) is 28.5. The summed E-state index contributed by atoms with van der Waals surface area (Å²) in [6.45, 7) is 2.54. The minimum absolute atomic E-state index is 0.0262. The van der Waals surface area contributed by atoms with Gasteiger partial charge in [-0.1, -0.05) is 66.0 Å². The van der Waals surface area contributed by atoms with E-state index in [0.29, 0.717) is 36.8 Å². The zero-order valence-electron chi connectivity index (χ0n) is 22.3. The molecule has 2 amide bonds. The molecule has 2 aromatic carbocycles. The van der Waals surface area contributed by atoms with Gasteiger partial charge >= 0.3 is 0 Å². The molecule has 0 aliphatic carbocycles. The number of aliphatic hydroxyl groups excluding tert-OH is 1. The molecule has 1 fully saturated rings. The number of nitrogens with zero attached hydrogens (tertiary/aromatic N) is 2. The number of amides is 2. The highest BCUT2D eigenvalue weighted by atomic mass is 35.5. The number of halogens is 2. The molecule has 4 rings (SSSR count). The van der Waals surface area contributed by atoms with E-state index in [1.807, 2.05) is 48.5 Å². The van der Waals surface area contributed by atoms with Crippen LogP contribution >= 0.6 is 23.2 Å². The summed E-state index contributed by atoms with van der Waals surface area (Å²) in [7, 11) is 0. The van der Waals surface area contributed by atoms with E-state index in [9.17, 15) is 14.7 Å². The van der Waals surface area contributed by atoms with Crippen LogP contribution in [0.5, 0.6) is 0 Å². The van der Waals surface area contributed by atoms with Gasteiger partial charge in [-0.05, 0) is 36.1 Å². The van der Waals surface area contributed by atoms with Crippen molar-refractivity contribution in [2.45, 2.75) is 70.7 Å². The number of nitrogens with one attached hydrogen (secondary N) is 2. The van der Waals surface area contributed by atoms with Crippen molar-refractivity contribution in [1.82, 2.24) is 14.9 Å². The van der Waals surface area contributed by atoms with Crippen LogP contribution in [0.1, 0.15) is 68.1 Å². The van der Waals surface area contributed by atoms with Crippen LogP contribution in [0.3, 0.4) is 0 Å². The van der Waals surface area contributed by atoms with Gasteiger partial charge in [0, 0.05) is 37.6 Å². The highest BCUT2D eigenvalue weighted by Crippen LogP contribution is 2.39. The predicted octanol–water partition coefficient (Wildman–Crippen LogP) is 5.56. The number of carbonyl (C=O) groups excluding carboxylic acids is 2. The SMILES string of the molecule is CC(=O)NCCCCCC(=O)Nc1ccc([C@@H]2O[C@H](Cn3cnc(Cl)c3Cl)C[C@H](c3ccc(CO)cc3)O2)cc1. The first kappa shape index (κ1) is 30.0. The Labute approximate surface area is 243 Å². The second-order valence-corrected chi connectivity index (χ2v) is 10.5. The standard InChI is InChI=1S/C29H34Cl2N4O5/c1-19(37)32-14-4-2-3-5-26(38)34-23-12-10-22(11-13-23)29-39-24(16-35-18-33-27(30)28(35)31)15-25(40-29)21-8-6-20(17-36)7-9-21/h6-13,18,24-25,29,36H,2-5,14-17H2,1H3,(H,32,37)(H,34,38)/t24-,25+,29+/m0/s1. The van der Waals surface area contributed by atoms with Crippen molar-refractivity contribution in [1.29, 1.82) is 0 Å². The number of rotatable bonds is 12. The van der Waals surface area contributed by atoms with E-state index >= 15 is 0 Å². The topological polar surface area (TPSA) is 115 Å². The summed E-state index contributed by atoms with van der Waals surface area (Å²) >= 11 is 12.3. The van der Waals surface area contributed by atoms with Crippen molar-refractivity contribution in [2.24, 2.45) is 0 Å². The number of anilines is 1. The fourth-order valence-corrected chi connectivity index (χ4v) is 4.83. The first-order chi connectivity index (χ1) is 19.3. The van der Waals surface area contributed by atoms with Crippen molar-refractivity contribution < 1.29 is 24.2 Å². The molecule has 40 heavy (non-hydrogen) atoms. The fourth-order valence-electron chi connectivity index (χ4n) is 4.52. The molecule has 0 unspecified atom stereocenters. The lowest BCUT2D eigenvalue weighted by atomic mass is 10.00. The molecule has 1 saturated heterocycles. The Bertz CT molecular complexity index is 1270. The Morgan fingerprint density at radius 2 is 1.75 bits per heavy atom. The number of ether oxygens (including phenoxy) is 2. The molecule has 2 heterocycles. The number of hydrogen-bond donors (Lipinski definition) is 3. The van der Waals surface area contributed by atoms with Crippen molar-refractivity contribution in [3.8, 4) is 0 Å².